The fraction of sp³-hybridized carbons (Fsp3) is 0.310. The average molecular weight is 490 g/mol. The van der Waals surface area contributed by atoms with E-state index in [1.807, 2.05) is 49.1 Å². The van der Waals surface area contributed by atoms with Gasteiger partial charge in [-0.1, -0.05) is 35.9 Å². The third-order valence-corrected chi connectivity index (χ3v) is 7.45. The first-order chi connectivity index (χ1) is 16.8. The number of rotatable bonds is 4. The Morgan fingerprint density at radius 3 is 2.43 bits per heavy atom. The van der Waals surface area contributed by atoms with E-state index in [9.17, 15) is 9.18 Å². The molecule has 2 aromatic carbocycles. The van der Waals surface area contributed by atoms with Crippen molar-refractivity contribution in [2.45, 2.75) is 32.1 Å². The van der Waals surface area contributed by atoms with Crippen LogP contribution in [0.5, 0.6) is 0 Å². The number of aryl methyl sites for hydroxylation is 2. The lowest BCUT2D eigenvalue weighted by Gasteiger charge is -2.39. The second-order valence-electron chi connectivity index (χ2n) is 9.73. The summed E-state index contributed by atoms with van der Waals surface area (Å²) in [4.78, 5) is 22.4. The lowest BCUT2D eigenvalue weighted by molar-refractivity contribution is 0.0977. The van der Waals surface area contributed by atoms with Gasteiger partial charge in [0.05, 0.1) is 0 Å². The molecule has 1 amide bonds. The van der Waals surface area contributed by atoms with Crippen LogP contribution in [0.2, 0.25) is 5.02 Å². The third-order valence-electron chi connectivity index (χ3n) is 7.21. The molecule has 3 heterocycles. The van der Waals surface area contributed by atoms with E-state index in [-0.39, 0.29) is 17.1 Å². The Labute approximate surface area is 211 Å². The van der Waals surface area contributed by atoms with E-state index in [4.69, 9.17) is 11.6 Å². The molecule has 4 nitrogen and oxygen atoms in total. The maximum absolute atomic E-state index is 13.6. The van der Waals surface area contributed by atoms with E-state index in [1.165, 1.54) is 17.7 Å². The van der Waals surface area contributed by atoms with Crippen LogP contribution in [0, 0.1) is 19.7 Å². The van der Waals surface area contributed by atoms with Crippen molar-refractivity contribution in [2.24, 2.45) is 0 Å². The summed E-state index contributed by atoms with van der Waals surface area (Å²) in [5.74, 6) is -0.203. The molecule has 0 bridgehead atoms. The minimum absolute atomic E-state index is 0.0173. The van der Waals surface area contributed by atoms with Crippen molar-refractivity contribution in [2.75, 3.05) is 31.1 Å². The fourth-order valence-electron chi connectivity index (χ4n) is 5.44. The van der Waals surface area contributed by atoms with Crippen molar-refractivity contribution >= 4 is 29.3 Å². The number of carbonyl (C=O) groups excluding carboxylic acids is 1. The van der Waals surface area contributed by atoms with E-state index in [2.05, 4.69) is 22.0 Å². The summed E-state index contributed by atoms with van der Waals surface area (Å²) in [6, 6.07) is 16.2. The SMILES string of the molecule is Cc1cc(C(=O)N2CC3(CCN(CC=Cc4ccc(F)cc4)CC3)c3cc(Cl)ccc32)cc(C)n1. The van der Waals surface area contributed by atoms with Crippen molar-refractivity contribution in [1.29, 1.82) is 0 Å². The number of amides is 1. The highest BCUT2D eigenvalue weighted by Crippen LogP contribution is 2.48. The average Bonchev–Trinajstić information content (AvgIpc) is 3.14. The Morgan fingerprint density at radius 1 is 1.06 bits per heavy atom. The molecule has 0 unspecified atom stereocenters. The Morgan fingerprint density at radius 2 is 1.74 bits per heavy atom. The number of halogens is 2. The molecule has 3 aromatic rings. The van der Waals surface area contributed by atoms with Crippen LogP contribution in [0.1, 0.15) is 45.7 Å². The molecule has 0 atom stereocenters. The number of fused-ring (bicyclic) bond motifs is 2. The van der Waals surface area contributed by atoms with Gasteiger partial charge in [0.1, 0.15) is 5.82 Å². The highest BCUT2D eigenvalue weighted by molar-refractivity contribution is 6.30. The Kier molecular flexibility index (Phi) is 6.47. The van der Waals surface area contributed by atoms with E-state index < -0.39 is 0 Å². The van der Waals surface area contributed by atoms with Gasteiger partial charge in [-0.3, -0.25) is 14.7 Å². The summed E-state index contributed by atoms with van der Waals surface area (Å²) >= 11 is 6.42. The van der Waals surface area contributed by atoms with Gasteiger partial charge in [0, 0.05) is 46.2 Å². The maximum atomic E-state index is 13.6. The number of anilines is 1. The molecule has 1 aromatic heterocycles. The summed E-state index contributed by atoms with van der Waals surface area (Å²) in [7, 11) is 0. The van der Waals surface area contributed by atoms with Gasteiger partial charge < -0.3 is 4.90 Å². The third kappa shape index (κ3) is 4.89. The molecule has 180 valence electrons. The number of nitrogens with zero attached hydrogens (tertiary/aromatic N) is 3. The molecule has 0 aliphatic carbocycles. The second kappa shape index (κ2) is 9.56. The van der Waals surface area contributed by atoms with Crippen molar-refractivity contribution < 1.29 is 9.18 Å². The molecule has 6 heteroatoms. The normalized spacial score (nSPS) is 17.3. The number of carbonyl (C=O) groups is 1. The Bertz CT molecular complexity index is 1260. The van der Waals surface area contributed by atoms with Crippen LogP contribution in [0.4, 0.5) is 10.1 Å². The summed E-state index contributed by atoms with van der Waals surface area (Å²) in [6.07, 6.45) is 6.09. The monoisotopic (exact) mass is 489 g/mol. The van der Waals surface area contributed by atoms with E-state index >= 15 is 0 Å². The maximum Gasteiger partial charge on any atom is 0.258 e. The minimum atomic E-state index is -0.220. The largest absolute Gasteiger partial charge is 0.307 e. The number of hydrogen-bond acceptors (Lipinski definition) is 3. The van der Waals surface area contributed by atoms with Gasteiger partial charge in [0.25, 0.3) is 5.91 Å². The number of aromatic nitrogens is 1. The molecule has 1 fully saturated rings. The lowest BCUT2D eigenvalue weighted by Crippen LogP contribution is -2.46. The predicted octanol–water partition coefficient (Wildman–Crippen LogP) is 6.20. The standard InChI is InChI=1S/C29H29ClFN3O/c1-20-16-23(17-21(2)32-20)28(35)34-19-29(26-18-24(30)7-10-27(26)34)11-14-33(15-12-29)13-3-4-22-5-8-25(31)9-6-22/h3-10,16-18H,11-15,19H2,1-2H3. The van der Waals surface area contributed by atoms with Crippen LogP contribution >= 0.6 is 11.6 Å². The van der Waals surface area contributed by atoms with Crippen LogP contribution in [0.25, 0.3) is 6.08 Å². The molecule has 1 saturated heterocycles. The zero-order valence-electron chi connectivity index (χ0n) is 20.1. The first-order valence-electron chi connectivity index (χ1n) is 12.0. The predicted molar refractivity (Wildman–Crippen MR) is 140 cm³/mol. The molecule has 5 rings (SSSR count). The summed E-state index contributed by atoms with van der Waals surface area (Å²) in [5, 5.41) is 0.706. The lowest BCUT2D eigenvalue weighted by atomic mass is 9.74. The molecule has 1 spiro atoms. The van der Waals surface area contributed by atoms with E-state index in [1.54, 1.807) is 12.1 Å². The van der Waals surface area contributed by atoms with Crippen LogP contribution in [-0.2, 0) is 5.41 Å². The van der Waals surface area contributed by atoms with Gasteiger partial charge in [-0.15, -0.1) is 0 Å². The summed E-state index contributed by atoms with van der Waals surface area (Å²) in [6.45, 7) is 7.23. The number of benzene rings is 2. The van der Waals surface area contributed by atoms with Crippen LogP contribution in [-0.4, -0.2) is 42.0 Å². The van der Waals surface area contributed by atoms with Crippen molar-refractivity contribution in [3.63, 3.8) is 0 Å². The molecule has 0 N–H and O–H groups in total. The zero-order valence-corrected chi connectivity index (χ0v) is 20.9. The van der Waals surface area contributed by atoms with Gasteiger partial charge in [-0.05, 0) is 93.4 Å². The van der Waals surface area contributed by atoms with Gasteiger partial charge in [-0.2, -0.15) is 0 Å². The second-order valence-corrected chi connectivity index (χ2v) is 10.2. The van der Waals surface area contributed by atoms with Gasteiger partial charge in [0.15, 0.2) is 0 Å². The van der Waals surface area contributed by atoms with Gasteiger partial charge >= 0.3 is 0 Å². The van der Waals surface area contributed by atoms with Crippen molar-refractivity contribution in [1.82, 2.24) is 9.88 Å². The molecule has 0 radical (unpaired) electrons. The minimum Gasteiger partial charge on any atom is -0.307 e. The highest BCUT2D eigenvalue weighted by Gasteiger charge is 2.46. The van der Waals surface area contributed by atoms with Crippen molar-refractivity contribution in [3.05, 3.63) is 99.6 Å². The summed E-state index contributed by atoms with van der Waals surface area (Å²) in [5.41, 5.74) is 5.43. The number of piperidine rings is 1. The molecular formula is C29H29ClFN3O. The number of likely N-dealkylation sites (tertiary alicyclic amines) is 1. The zero-order chi connectivity index (χ0) is 24.6. The Balaban J connectivity index is 1.32. The summed E-state index contributed by atoms with van der Waals surface area (Å²) < 4.78 is 13.1. The molecule has 0 saturated carbocycles. The van der Waals surface area contributed by atoms with E-state index in [0.717, 1.165) is 55.1 Å². The van der Waals surface area contributed by atoms with Crippen LogP contribution in [0.3, 0.4) is 0 Å². The highest BCUT2D eigenvalue weighted by atomic mass is 35.5. The number of hydrogen-bond donors (Lipinski definition) is 0. The van der Waals surface area contributed by atoms with Gasteiger partial charge in [-0.25, -0.2) is 4.39 Å². The quantitative estimate of drug-likeness (QED) is 0.438. The van der Waals surface area contributed by atoms with Gasteiger partial charge in [0.2, 0.25) is 0 Å². The molecule has 2 aliphatic heterocycles. The van der Waals surface area contributed by atoms with E-state index in [0.29, 0.717) is 17.1 Å². The van der Waals surface area contributed by atoms with Crippen LogP contribution in [0.15, 0.2) is 60.7 Å². The topological polar surface area (TPSA) is 36.4 Å². The molecular weight excluding hydrogens is 461 g/mol. The smallest absolute Gasteiger partial charge is 0.258 e. The van der Waals surface area contributed by atoms with Crippen LogP contribution < -0.4 is 4.90 Å². The number of pyridine rings is 1. The first kappa shape index (κ1) is 23.7. The molecule has 2 aliphatic rings. The fourth-order valence-corrected chi connectivity index (χ4v) is 5.61. The first-order valence-corrected chi connectivity index (χ1v) is 12.4. The molecule has 35 heavy (non-hydrogen) atoms. The van der Waals surface area contributed by atoms with Crippen molar-refractivity contribution in [3.8, 4) is 0 Å². The Hall–Kier alpha value is -3.02.